The summed E-state index contributed by atoms with van der Waals surface area (Å²) in [5, 5.41) is 14.4. The molecule has 18 aromatic carbocycles. The number of fused-ring (bicyclic) bond motifs is 18. The molecule has 0 aliphatic carbocycles. The van der Waals surface area contributed by atoms with Crippen molar-refractivity contribution in [1.82, 2.24) is 37.4 Å². The Bertz CT molecular complexity index is 8220. The first-order chi connectivity index (χ1) is 59.5. The molecule has 25 aromatic rings. The van der Waals surface area contributed by atoms with Gasteiger partial charge in [-0.05, 0) is 215 Å². The normalized spacial score (nSPS) is 12.0. The van der Waals surface area contributed by atoms with E-state index >= 15 is 0 Å². The van der Waals surface area contributed by atoms with Crippen LogP contribution in [0.4, 0.5) is 0 Å². The molecule has 0 radical (unpaired) electrons. The van der Waals surface area contributed by atoms with E-state index in [1.165, 1.54) is 87.3 Å². The molecule has 0 saturated carbocycles. The molecular formula is C112H70N8. The molecule has 7 aromatic heterocycles. The highest BCUT2D eigenvalue weighted by molar-refractivity contribution is 6.17. The van der Waals surface area contributed by atoms with Crippen LogP contribution in [-0.2, 0) is 0 Å². The molecule has 120 heavy (non-hydrogen) atoms. The summed E-state index contributed by atoms with van der Waals surface area (Å²) in [4.78, 5) is 11.2. The van der Waals surface area contributed by atoms with Crippen LogP contribution in [0.5, 0.6) is 0 Å². The lowest BCUT2D eigenvalue weighted by molar-refractivity contribution is 1.13. The standard InChI is InChI=1S/C112H70N8/c1-5-25-72(26-6-1)112-113-98(71-45-53-83(54-46-71)118-103-42-22-16-36-89(103)95-66-76(50-58-109(95)118)73-47-55-106-92(63-73)86-33-13-19-39-100(86)115(106)80-27-7-2-8-28-80)70-99(114-112)79-61-84(119-104-43-23-17-37-90(104)96-67-77(51-59-110(96)119)74-48-56-107-93(64-74)87-34-14-20-40-101(87)116(107)81-29-9-3-10-30-81)69-85(62-79)120-105-44-24-18-38-91(105)97-68-78(52-60-111(97)120)75-49-57-108-94(65-75)88-35-15-21-41-102(88)117(108)82-31-11-4-12-32-82/h1-70H. The monoisotopic (exact) mass is 1530 g/mol. The lowest BCUT2D eigenvalue weighted by Gasteiger charge is -2.17. The second-order valence-electron chi connectivity index (χ2n) is 31.6. The van der Waals surface area contributed by atoms with E-state index in [0.29, 0.717) is 5.82 Å². The van der Waals surface area contributed by atoms with E-state index in [1.54, 1.807) is 0 Å². The van der Waals surface area contributed by atoms with Crippen LogP contribution in [0.1, 0.15) is 0 Å². The molecule has 0 N–H and O–H groups in total. The van der Waals surface area contributed by atoms with Crippen LogP contribution in [0.15, 0.2) is 425 Å². The summed E-state index contributed by atoms with van der Waals surface area (Å²) >= 11 is 0. The fourth-order valence-electron chi connectivity index (χ4n) is 19.6. The molecule has 7 heterocycles. The molecule has 0 spiro atoms. The van der Waals surface area contributed by atoms with E-state index in [0.717, 1.165) is 139 Å². The minimum atomic E-state index is 0.637. The van der Waals surface area contributed by atoms with Crippen LogP contribution in [0.25, 0.3) is 232 Å². The van der Waals surface area contributed by atoms with Crippen molar-refractivity contribution in [3.8, 4) is 101 Å². The second-order valence-corrected chi connectivity index (χ2v) is 31.6. The fraction of sp³-hybridized carbons (Fsp3) is 0. The van der Waals surface area contributed by atoms with Gasteiger partial charge in [0.1, 0.15) is 0 Å². The molecule has 0 unspecified atom stereocenters. The van der Waals surface area contributed by atoms with Crippen molar-refractivity contribution >= 4 is 131 Å². The van der Waals surface area contributed by atoms with Gasteiger partial charge in [0.2, 0.25) is 0 Å². The van der Waals surface area contributed by atoms with Gasteiger partial charge in [0.15, 0.2) is 5.82 Å². The van der Waals surface area contributed by atoms with Crippen LogP contribution in [0, 0.1) is 0 Å². The maximum atomic E-state index is 5.66. The quantitative estimate of drug-likeness (QED) is 0.122. The zero-order valence-electron chi connectivity index (χ0n) is 65.0. The van der Waals surface area contributed by atoms with Gasteiger partial charge in [-0.1, -0.05) is 243 Å². The van der Waals surface area contributed by atoms with Crippen LogP contribution < -0.4 is 0 Å². The van der Waals surface area contributed by atoms with Gasteiger partial charge in [0.25, 0.3) is 0 Å². The minimum Gasteiger partial charge on any atom is -0.309 e. The minimum absolute atomic E-state index is 0.637. The molecule has 558 valence electrons. The third kappa shape index (κ3) is 10.5. The van der Waals surface area contributed by atoms with Crippen LogP contribution >= 0.6 is 0 Å². The average Bonchev–Trinajstić information content (AvgIpc) is 1.60. The summed E-state index contributed by atoms with van der Waals surface area (Å²) in [6.45, 7) is 0. The van der Waals surface area contributed by atoms with Gasteiger partial charge in [0, 0.05) is 115 Å². The molecule has 0 amide bonds. The van der Waals surface area contributed by atoms with Gasteiger partial charge in [0.05, 0.1) is 77.6 Å². The Morgan fingerprint density at radius 1 is 0.125 bits per heavy atom. The van der Waals surface area contributed by atoms with Crippen molar-refractivity contribution < 1.29 is 0 Å². The Hall–Kier alpha value is -16.2. The average molecular weight is 1530 g/mol. The Morgan fingerprint density at radius 2 is 0.342 bits per heavy atom. The summed E-state index contributed by atoms with van der Waals surface area (Å²) < 4.78 is 14.5. The first-order valence-corrected chi connectivity index (χ1v) is 41.1. The molecule has 8 nitrogen and oxygen atoms in total. The highest BCUT2D eigenvalue weighted by Crippen LogP contribution is 2.46. The largest absolute Gasteiger partial charge is 0.309 e. The van der Waals surface area contributed by atoms with Gasteiger partial charge in [-0.25, -0.2) is 9.97 Å². The highest BCUT2D eigenvalue weighted by Gasteiger charge is 2.25. The number of nitrogens with zero attached hydrogens (tertiary/aromatic N) is 8. The smallest absolute Gasteiger partial charge is 0.160 e. The van der Waals surface area contributed by atoms with Crippen molar-refractivity contribution in [2.45, 2.75) is 0 Å². The zero-order chi connectivity index (χ0) is 78.6. The lowest BCUT2D eigenvalue weighted by Crippen LogP contribution is -2.02. The predicted molar refractivity (Wildman–Crippen MR) is 501 cm³/mol. The highest BCUT2D eigenvalue weighted by atomic mass is 15.0. The van der Waals surface area contributed by atoms with Crippen LogP contribution in [0.2, 0.25) is 0 Å². The van der Waals surface area contributed by atoms with Crippen LogP contribution in [0.3, 0.4) is 0 Å². The van der Waals surface area contributed by atoms with Crippen molar-refractivity contribution in [2.24, 2.45) is 0 Å². The third-order valence-corrected chi connectivity index (χ3v) is 25.0. The molecule has 0 fully saturated rings. The van der Waals surface area contributed by atoms with E-state index in [-0.39, 0.29) is 0 Å². The first kappa shape index (κ1) is 67.2. The second kappa shape index (κ2) is 26.7. The van der Waals surface area contributed by atoms with E-state index < -0.39 is 0 Å². The molecule has 0 saturated heterocycles. The number of hydrogen-bond donors (Lipinski definition) is 0. The topological polar surface area (TPSA) is 55.4 Å². The summed E-state index contributed by atoms with van der Waals surface area (Å²) in [6, 6.07) is 156. The zero-order valence-corrected chi connectivity index (χ0v) is 65.0. The van der Waals surface area contributed by atoms with Crippen molar-refractivity contribution in [3.05, 3.63) is 425 Å². The molecule has 0 aliphatic rings. The lowest BCUT2D eigenvalue weighted by atomic mass is 10.0. The maximum Gasteiger partial charge on any atom is 0.160 e. The summed E-state index contributed by atoms with van der Waals surface area (Å²) in [5.41, 5.74) is 31.7. The Kier molecular flexibility index (Phi) is 15.0. The predicted octanol–water partition coefficient (Wildman–Crippen LogP) is 29.1. The van der Waals surface area contributed by atoms with Gasteiger partial charge >= 0.3 is 0 Å². The molecule has 0 atom stereocenters. The number of para-hydroxylation sites is 9. The van der Waals surface area contributed by atoms with Crippen molar-refractivity contribution in [1.29, 1.82) is 0 Å². The molecule has 0 bridgehead atoms. The summed E-state index contributed by atoms with van der Waals surface area (Å²) in [5.74, 6) is 0.637. The van der Waals surface area contributed by atoms with Gasteiger partial charge in [-0.15, -0.1) is 0 Å². The SMILES string of the molecule is c1ccc(-c2nc(-c3ccc(-n4c5ccccc5c5cc(-c6ccc7c(c6)c6ccccc6n7-c6ccccc6)ccc54)cc3)cc(-c3cc(-n4c5ccccc5c5cc(-c6ccc7c(c6)c6ccccc6n7-c6ccccc6)ccc54)cc(-n4c5ccccc5c5cc(-c6ccc7c(c6)c6ccccc6n7-c6ccccc6)ccc54)c3)n2)cc1. The van der Waals surface area contributed by atoms with E-state index in [9.17, 15) is 0 Å². The Morgan fingerprint density at radius 3 is 0.625 bits per heavy atom. The Labute approximate surface area is 689 Å². The van der Waals surface area contributed by atoms with E-state index in [2.05, 4.69) is 452 Å². The maximum absolute atomic E-state index is 5.66. The summed E-state index contributed by atoms with van der Waals surface area (Å²) in [7, 11) is 0. The van der Waals surface area contributed by atoms with Gasteiger partial charge < -0.3 is 27.4 Å². The number of benzene rings is 18. The molecular weight excluding hydrogens is 1460 g/mol. The first-order valence-electron chi connectivity index (χ1n) is 41.1. The number of rotatable bonds is 12. The van der Waals surface area contributed by atoms with Gasteiger partial charge in [-0.2, -0.15) is 0 Å². The summed E-state index contributed by atoms with van der Waals surface area (Å²) in [6.07, 6.45) is 0. The van der Waals surface area contributed by atoms with E-state index in [4.69, 9.17) is 9.97 Å². The molecule has 8 heteroatoms. The third-order valence-electron chi connectivity index (χ3n) is 25.0. The van der Waals surface area contributed by atoms with Crippen molar-refractivity contribution in [2.75, 3.05) is 0 Å². The molecule has 25 rings (SSSR count). The van der Waals surface area contributed by atoms with Gasteiger partial charge in [-0.3, -0.25) is 0 Å². The number of hydrogen-bond acceptors (Lipinski definition) is 2. The van der Waals surface area contributed by atoms with Crippen molar-refractivity contribution in [3.63, 3.8) is 0 Å². The van der Waals surface area contributed by atoms with E-state index in [1.807, 2.05) is 0 Å². The number of aromatic nitrogens is 8. The molecule has 0 aliphatic heterocycles. The van der Waals surface area contributed by atoms with Crippen LogP contribution in [-0.4, -0.2) is 37.4 Å². The Balaban J connectivity index is 0.649. The fourth-order valence-corrected chi connectivity index (χ4v) is 19.6.